The number of hydrogen-bond donors (Lipinski definition) is 2. The van der Waals surface area contributed by atoms with Crippen LogP contribution in [0.4, 0.5) is 16.2 Å². The second-order valence-corrected chi connectivity index (χ2v) is 6.73. The minimum atomic E-state index is -0.527. The molecule has 2 amide bonds. The zero-order chi connectivity index (χ0) is 22.3. The molecule has 2 N–H and O–H groups in total. The molecule has 8 heteroatoms. The summed E-state index contributed by atoms with van der Waals surface area (Å²) in [6, 6.07) is 15.3. The van der Waals surface area contributed by atoms with Gasteiger partial charge in [-0.2, -0.15) is 0 Å². The van der Waals surface area contributed by atoms with Crippen molar-refractivity contribution >= 4 is 23.4 Å². The van der Waals surface area contributed by atoms with E-state index in [9.17, 15) is 9.59 Å². The van der Waals surface area contributed by atoms with E-state index in [1.165, 1.54) is 6.92 Å². The first-order chi connectivity index (χ1) is 15.1. The van der Waals surface area contributed by atoms with E-state index >= 15 is 0 Å². The number of benzene rings is 2. The molecule has 168 valence electrons. The van der Waals surface area contributed by atoms with E-state index in [1.807, 2.05) is 48.5 Å². The van der Waals surface area contributed by atoms with E-state index in [0.717, 1.165) is 23.2 Å². The molecular formula is C23H30N2O6. The van der Waals surface area contributed by atoms with Crippen molar-refractivity contribution in [2.75, 3.05) is 57.4 Å². The predicted octanol–water partition coefficient (Wildman–Crippen LogP) is 3.46. The number of anilines is 2. The molecule has 0 aliphatic carbocycles. The van der Waals surface area contributed by atoms with E-state index in [2.05, 4.69) is 10.6 Å². The summed E-state index contributed by atoms with van der Waals surface area (Å²) in [5, 5.41) is 5.43. The first-order valence-electron chi connectivity index (χ1n) is 10.1. The number of carbonyl (C=O) groups is 2. The van der Waals surface area contributed by atoms with Crippen molar-refractivity contribution in [2.24, 2.45) is 0 Å². The van der Waals surface area contributed by atoms with Crippen LogP contribution in [0.3, 0.4) is 0 Å². The number of rotatable bonds is 13. The molecule has 0 aromatic heterocycles. The van der Waals surface area contributed by atoms with Crippen molar-refractivity contribution in [3.05, 3.63) is 59.7 Å². The molecule has 0 heterocycles. The van der Waals surface area contributed by atoms with E-state index < -0.39 is 6.09 Å². The summed E-state index contributed by atoms with van der Waals surface area (Å²) < 4.78 is 20.5. The predicted molar refractivity (Wildman–Crippen MR) is 118 cm³/mol. The third-order valence-electron chi connectivity index (χ3n) is 4.15. The first-order valence-corrected chi connectivity index (χ1v) is 10.1. The first kappa shape index (κ1) is 24.3. The van der Waals surface area contributed by atoms with Gasteiger partial charge >= 0.3 is 6.09 Å². The van der Waals surface area contributed by atoms with Crippen LogP contribution in [0.2, 0.25) is 0 Å². The van der Waals surface area contributed by atoms with E-state index in [4.69, 9.17) is 18.9 Å². The highest BCUT2D eigenvalue weighted by atomic mass is 16.6. The van der Waals surface area contributed by atoms with Crippen molar-refractivity contribution in [3.8, 4) is 0 Å². The van der Waals surface area contributed by atoms with Crippen LogP contribution >= 0.6 is 0 Å². The second-order valence-electron chi connectivity index (χ2n) is 6.73. The highest BCUT2D eigenvalue weighted by Gasteiger charge is 2.04. The van der Waals surface area contributed by atoms with Gasteiger partial charge in [0.15, 0.2) is 0 Å². The summed E-state index contributed by atoms with van der Waals surface area (Å²) in [5.41, 5.74) is 3.66. The Hall–Kier alpha value is -2.94. The highest BCUT2D eigenvalue weighted by Crippen LogP contribution is 2.16. The molecule has 0 spiro atoms. The number of amides is 2. The minimum absolute atomic E-state index is 0.0924. The van der Waals surface area contributed by atoms with E-state index in [1.54, 1.807) is 7.11 Å². The van der Waals surface area contributed by atoms with Crippen LogP contribution in [0.25, 0.3) is 0 Å². The summed E-state index contributed by atoms with van der Waals surface area (Å²) >= 11 is 0. The molecule has 0 unspecified atom stereocenters. The van der Waals surface area contributed by atoms with Crippen LogP contribution in [0.15, 0.2) is 48.5 Å². The topological polar surface area (TPSA) is 95.1 Å². The zero-order valence-electron chi connectivity index (χ0n) is 18.0. The van der Waals surface area contributed by atoms with Crippen LogP contribution in [0.1, 0.15) is 18.1 Å². The largest absolute Gasteiger partial charge is 0.447 e. The Labute approximate surface area is 182 Å². The third kappa shape index (κ3) is 10.6. The van der Waals surface area contributed by atoms with Crippen LogP contribution in [0.5, 0.6) is 0 Å². The quantitative estimate of drug-likeness (QED) is 0.473. The summed E-state index contributed by atoms with van der Waals surface area (Å²) in [4.78, 5) is 22.9. The molecule has 0 aliphatic rings. The number of hydrogen-bond acceptors (Lipinski definition) is 6. The maximum Gasteiger partial charge on any atom is 0.411 e. The van der Waals surface area contributed by atoms with Crippen molar-refractivity contribution < 1.29 is 28.5 Å². The monoisotopic (exact) mass is 430 g/mol. The fraction of sp³-hybridized carbons (Fsp3) is 0.391. The van der Waals surface area contributed by atoms with Gasteiger partial charge in [-0.1, -0.05) is 24.3 Å². The van der Waals surface area contributed by atoms with Gasteiger partial charge in [0.05, 0.1) is 33.0 Å². The summed E-state index contributed by atoms with van der Waals surface area (Å²) in [7, 11) is 1.62. The maximum absolute atomic E-state index is 11.8. The Morgan fingerprint density at radius 2 is 1.19 bits per heavy atom. The van der Waals surface area contributed by atoms with Gasteiger partial charge in [-0.05, 0) is 41.8 Å². The number of nitrogens with one attached hydrogen (secondary N) is 2. The van der Waals surface area contributed by atoms with E-state index in [-0.39, 0.29) is 12.5 Å². The van der Waals surface area contributed by atoms with Crippen LogP contribution in [-0.4, -0.2) is 58.8 Å². The third-order valence-corrected chi connectivity index (χ3v) is 4.15. The Bertz CT molecular complexity index is 793. The van der Waals surface area contributed by atoms with Gasteiger partial charge in [0, 0.05) is 25.4 Å². The van der Waals surface area contributed by atoms with E-state index in [0.29, 0.717) is 38.7 Å². The van der Waals surface area contributed by atoms with Gasteiger partial charge in [-0.25, -0.2) is 4.79 Å². The Balaban J connectivity index is 1.64. The summed E-state index contributed by atoms with van der Waals surface area (Å²) in [6.07, 6.45) is 0.221. The number of ether oxygens (including phenoxy) is 4. The van der Waals surface area contributed by atoms with Gasteiger partial charge in [0.1, 0.15) is 6.61 Å². The smallest absolute Gasteiger partial charge is 0.411 e. The minimum Gasteiger partial charge on any atom is -0.447 e. The average molecular weight is 431 g/mol. The molecule has 0 saturated carbocycles. The molecule has 0 saturated heterocycles. The fourth-order valence-electron chi connectivity index (χ4n) is 2.66. The molecule has 2 rings (SSSR count). The Kier molecular flexibility index (Phi) is 11.1. The molecule has 0 bridgehead atoms. The Morgan fingerprint density at radius 3 is 1.71 bits per heavy atom. The average Bonchev–Trinajstić information content (AvgIpc) is 2.75. The lowest BCUT2D eigenvalue weighted by molar-refractivity contribution is -0.114. The van der Waals surface area contributed by atoms with Gasteiger partial charge in [0.2, 0.25) is 5.91 Å². The van der Waals surface area contributed by atoms with Crippen LogP contribution in [-0.2, 0) is 30.2 Å². The molecule has 0 aliphatic heterocycles. The molecule has 8 nitrogen and oxygen atoms in total. The van der Waals surface area contributed by atoms with Crippen molar-refractivity contribution in [1.29, 1.82) is 0 Å². The molecule has 2 aromatic rings. The molecule has 0 atom stereocenters. The Morgan fingerprint density at radius 1 is 0.710 bits per heavy atom. The van der Waals surface area contributed by atoms with Crippen LogP contribution < -0.4 is 10.6 Å². The highest BCUT2D eigenvalue weighted by molar-refractivity contribution is 5.88. The standard InChI is InChI=1S/C23H30N2O6/c1-18(26)24-21-7-3-19(4-8-21)17-20-5-9-22(10-6-20)25-23(27)31-16-15-30-14-13-29-12-11-28-2/h3-10H,11-17H2,1-2H3,(H,24,26)(H,25,27). The second kappa shape index (κ2) is 14.1. The maximum atomic E-state index is 11.8. The van der Waals surface area contributed by atoms with Gasteiger partial charge in [-0.3, -0.25) is 10.1 Å². The fourth-order valence-corrected chi connectivity index (χ4v) is 2.66. The van der Waals surface area contributed by atoms with Crippen molar-refractivity contribution in [1.82, 2.24) is 0 Å². The number of carbonyl (C=O) groups excluding carboxylic acids is 2. The SMILES string of the molecule is COCCOCCOCCOC(=O)Nc1ccc(Cc2ccc(NC(C)=O)cc2)cc1. The number of methoxy groups -OCH3 is 1. The molecule has 0 fully saturated rings. The molecule has 2 aromatic carbocycles. The zero-order valence-corrected chi connectivity index (χ0v) is 18.0. The lowest BCUT2D eigenvalue weighted by Gasteiger charge is -2.09. The van der Waals surface area contributed by atoms with Crippen molar-refractivity contribution in [2.45, 2.75) is 13.3 Å². The molecule has 31 heavy (non-hydrogen) atoms. The van der Waals surface area contributed by atoms with Gasteiger partial charge < -0.3 is 24.3 Å². The normalized spacial score (nSPS) is 10.5. The van der Waals surface area contributed by atoms with Gasteiger partial charge in [0.25, 0.3) is 0 Å². The molecular weight excluding hydrogens is 400 g/mol. The summed E-state index contributed by atoms with van der Waals surface area (Å²) in [6.45, 7) is 3.94. The van der Waals surface area contributed by atoms with Crippen LogP contribution in [0, 0.1) is 0 Å². The van der Waals surface area contributed by atoms with Gasteiger partial charge in [-0.15, -0.1) is 0 Å². The van der Waals surface area contributed by atoms with Crippen molar-refractivity contribution in [3.63, 3.8) is 0 Å². The summed E-state index contributed by atoms with van der Waals surface area (Å²) in [5.74, 6) is -0.0924. The lowest BCUT2D eigenvalue weighted by Crippen LogP contribution is -2.17. The lowest BCUT2D eigenvalue weighted by atomic mass is 10.0. The molecule has 0 radical (unpaired) electrons.